The van der Waals surface area contributed by atoms with Crippen LogP contribution in [0.15, 0.2) is 29.5 Å². The number of carbonyl (C=O) groups excluding carboxylic acids is 1. The van der Waals surface area contributed by atoms with Gasteiger partial charge in [-0.25, -0.2) is 13.2 Å². The zero-order valence-corrected chi connectivity index (χ0v) is 16.0. The van der Waals surface area contributed by atoms with Crippen molar-refractivity contribution >= 4 is 17.6 Å². The van der Waals surface area contributed by atoms with Crippen LogP contribution in [0.25, 0.3) is 0 Å². The van der Waals surface area contributed by atoms with Crippen molar-refractivity contribution in [2.45, 2.75) is 6.10 Å². The number of rotatable bonds is 4. The van der Waals surface area contributed by atoms with Crippen LogP contribution in [0.1, 0.15) is 11.7 Å². The smallest absolute Gasteiger partial charge is 0.243 e. The van der Waals surface area contributed by atoms with Crippen molar-refractivity contribution < 1.29 is 22.7 Å². The highest BCUT2D eigenvalue weighted by Gasteiger charge is 2.25. The van der Waals surface area contributed by atoms with Crippen LogP contribution >= 0.6 is 0 Å². The summed E-state index contributed by atoms with van der Waals surface area (Å²) in [5, 5.41) is 9.22. The highest BCUT2D eigenvalue weighted by molar-refractivity contribution is 5.95. The van der Waals surface area contributed by atoms with Crippen molar-refractivity contribution in [2.24, 2.45) is 12.0 Å². The first-order chi connectivity index (χ1) is 13.9. The first kappa shape index (κ1) is 20.6. The van der Waals surface area contributed by atoms with Crippen molar-refractivity contribution in [3.05, 3.63) is 47.5 Å². The number of carbonyl (C=O) groups is 1. The van der Waals surface area contributed by atoms with E-state index in [2.05, 4.69) is 20.7 Å². The molecule has 1 atom stereocenters. The molecule has 0 spiro atoms. The molecule has 1 saturated heterocycles. The third-order valence-corrected chi connectivity index (χ3v) is 4.39. The molecule has 156 valence electrons. The minimum Gasteiger partial charge on any atom is -0.370 e. The van der Waals surface area contributed by atoms with Crippen LogP contribution in [-0.2, 0) is 16.6 Å². The largest absolute Gasteiger partial charge is 0.370 e. The summed E-state index contributed by atoms with van der Waals surface area (Å²) in [4.78, 5) is 18.2. The summed E-state index contributed by atoms with van der Waals surface area (Å²) in [6.45, 7) is 1.30. The fraction of sp³-hybridized carbons (Fsp3) is 0.389. The number of anilines is 1. The summed E-state index contributed by atoms with van der Waals surface area (Å²) in [5.74, 6) is -4.58. The maximum absolute atomic E-state index is 13.7. The Morgan fingerprint density at radius 3 is 2.83 bits per heavy atom. The lowest BCUT2D eigenvalue weighted by molar-refractivity contribution is -0.115. The summed E-state index contributed by atoms with van der Waals surface area (Å²) in [6, 6.07) is 1.70. The predicted octanol–water partition coefficient (Wildman–Crippen LogP) is 1.42. The average Bonchev–Trinajstić information content (AvgIpc) is 3.15. The third kappa shape index (κ3) is 4.86. The van der Waals surface area contributed by atoms with Gasteiger partial charge in [0, 0.05) is 32.4 Å². The van der Waals surface area contributed by atoms with Gasteiger partial charge in [0.05, 0.1) is 31.6 Å². The number of aliphatic imine (C=N–C) groups is 1. The fourth-order valence-electron chi connectivity index (χ4n) is 2.96. The molecule has 1 amide bonds. The molecule has 3 rings (SSSR count). The van der Waals surface area contributed by atoms with Gasteiger partial charge in [0.15, 0.2) is 23.4 Å². The van der Waals surface area contributed by atoms with Crippen LogP contribution in [0.2, 0.25) is 0 Å². The van der Waals surface area contributed by atoms with E-state index in [1.807, 2.05) is 18.1 Å². The lowest BCUT2D eigenvalue weighted by Gasteiger charge is -2.34. The van der Waals surface area contributed by atoms with Crippen molar-refractivity contribution in [2.75, 3.05) is 38.6 Å². The molecule has 2 N–H and O–H groups in total. The van der Waals surface area contributed by atoms with Gasteiger partial charge in [-0.1, -0.05) is 0 Å². The molecule has 1 fully saturated rings. The number of hydrogen-bond donors (Lipinski definition) is 2. The number of nitrogens with one attached hydrogen (secondary N) is 2. The van der Waals surface area contributed by atoms with Gasteiger partial charge in [0.25, 0.3) is 0 Å². The summed E-state index contributed by atoms with van der Waals surface area (Å²) < 4.78 is 47.4. The van der Waals surface area contributed by atoms with E-state index in [9.17, 15) is 18.0 Å². The SMILES string of the molecule is CN=C(NCC(=O)Nc1ccc(F)c(F)c1F)N1CCOC(c2cnn(C)c2)C1. The molecule has 8 nitrogen and oxygen atoms in total. The Labute approximate surface area is 165 Å². The van der Waals surface area contributed by atoms with E-state index in [-0.39, 0.29) is 12.6 Å². The highest BCUT2D eigenvalue weighted by Crippen LogP contribution is 2.22. The Balaban J connectivity index is 1.57. The lowest BCUT2D eigenvalue weighted by atomic mass is 10.1. The number of hydrogen-bond acceptors (Lipinski definition) is 4. The Morgan fingerprint density at radius 2 is 2.14 bits per heavy atom. The van der Waals surface area contributed by atoms with Gasteiger partial charge in [-0.15, -0.1) is 0 Å². The number of guanidine groups is 1. The normalized spacial score (nSPS) is 17.3. The second-order valence-corrected chi connectivity index (χ2v) is 6.42. The molecule has 29 heavy (non-hydrogen) atoms. The molecule has 0 bridgehead atoms. The van der Waals surface area contributed by atoms with Crippen LogP contribution in [0, 0.1) is 17.5 Å². The number of aromatic nitrogens is 2. The van der Waals surface area contributed by atoms with E-state index >= 15 is 0 Å². The van der Waals surface area contributed by atoms with Gasteiger partial charge in [-0.05, 0) is 12.1 Å². The van der Waals surface area contributed by atoms with Crippen molar-refractivity contribution in [1.29, 1.82) is 0 Å². The Hall–Kier alpha value is -3.08. The first-order valence-electron chi connectivity index (χ1n) is 8.88. The molecule has 0 radical (unpaired) electrons. The quantitative estimate of drug-likeness (QED) is 0.453. The van der Waals surface area contributed by atoms with Crippen molar-refractivity contribution in [3.63, 3.8) is 0 Å². The molecule has 1 aromatic heterocycles. The Kier molecular flexibility index (Phi) is 6.37. The number of aryl methyl sites for hydroxylation is 1. The minimum atomic E-state index is -1.64. The maximum Gasteiger partial charge on any atom is 0.243 e. The van der Waals surface area contributed by atoms with Crippen LogP contribution in [0.4, 0.5) is 18.9 Å². The highest BCUT2D eigenvalue weighted by atomic mass is 19.2. The maximum atomic E-state index is 13.7. The van der Waals surface area contributed by atoms with E-state index in [0.717, 1.165) is 17.7 Å². The predicted molar refractivity (Wildman–Crippen MR) is 99.8 cm³/mol. The Morgan fingerprint density at radius 1 is 1.34 bits per heavy atom. The average molecular weight is 410 g/mol. The molecule has 11 heteroatoms. The Bertz CT molecular complexity index is 917. The molecule has 1 aromatic carbocycles. The van der Waals surface area contributed by atoms with Crippen LogP contribution < -0.4 is 10.6 Å². The van der Waals surface area contributed by atoms with Gasteiger partial charge < -0.3 is 20.3 Å². The standard InChI is InChI=1S/C18H21F3N6O2/c1-22-18(27-5-6-29-14(10-27)11-7-24-26(2)9-11)23-8-15(28)25-13-4-3-12(19)16(20)17(13)21/h3-4,7,9,14H,5-6,8,10H2,1-2H3,(H,22,23)(H,25,28). The molecular weight excluding hydrogens is 389 g/mol. The molecule has 2 heterocycles. The van der Waals surface area contributed by atoms with Crippen LogP contribution in [-0.4, -0.2) is 59.8 Å². The lowest BCUT2D eigenvalue weighted by Crippen LogP contribution is -2.49. The molecule has 0 saturated carbocycles. The molecule has 0 aliphatic carbocycles. The zero-order chi connectivity index (χ0) is 21.0. The fourth-order valence-corrected chi connectivity index (χ4v) is 2.96. The zero-order valence-electron chi connectivity index (χ0n) is 16.0. The van der Waals surface area contributed by atoms with Crippen LogP contribution in [0.3, 0.4) is 0 Å². The van der Waals surface area contributed by atoms with E-state index in [0.29, 0.717) is 25.7 Å². The summed E-state index contributed by atoms with van der Waals surface area (Å²) in [7, 11) is 3.39. The third-order valence-electron chi connectivity index (χ3n) is 4.39. The van der Waals surface area contributed by atoms with Crippen molar-refractivity contribution in [1.82, 2.24) is 20.0 Å². The molecule has 1 unspecified atom stereocenters. The number of nitrogens with zero attached hydrogens (tertiary/aromatic N) is 4. The topological polar surface area (TPSA) is 83.8 Å². The van der Waals surface area contributed by atoms with E-state index < -0.39 is 29.0 Å². The number of benzene rings is 1. The molecule has 2 aromatic rings. The molecule has 1 aliphatic rings. The number of ether oxygens (including phenoxy) is 1. The summed E-state index contributed by atoms with van der Waals surface area (Å²) >= 11 is 0. The van der Waals surface area contributed by atoms with Crippen LogP contribution in [0.5, 0.6) is 0 Å². The van der Waals surface area contributed by atoms with Gasteiger partial charge in [0.1, 0.15) is 6.10 Å². The summed E-state index contributed by atoms with van der Waals surface area (Å²) in [5.41, 5.74) is 0.493. The number of morpholine rings is 1. The molecule has 1 aliphatic heterocycles. The van der Waals surface area contributed by atoms with Gasteiger partial charge >= 0.3 is 0 Å². The summed E-state index contributed by atoms with van der Waals surface area (Å²) in [6.07, 6.45) is 3.41. The second-order valence-electron chi connectivity index (χ2n) is 6.42. The van der Waals surface area contributed by atoms with Gasteiger partial charge in [-0.2, -0.15) is 5.10 Å². The van der Waals surface area contributed by atoms with E-state index in [1.54, 1.807) is 17.9 Å². The minimum absolute atomic E-state index is 0.193. The van der Waals surface area contributed by atoms with Gasteiger partial charge in [-0.3, -0.25) is 14.5 Å². The van der Waals surface area contributed by atoms with E-state index in [1.165, 1.54) is 0 Å². The second kappa shape index (κ2) is 8.95. The first-order valence-corrected chi connectivity index (χ1v) is 8.88. The number of halogens is 3. The monoisotopic (exact) mass is 410 g/mol. The van der Waals surface area contributed by atoms with E-state index in [4.69, 9.17) is 4.74 Å². The van der Waals surface area contributed by atoms with Gasteiger partial charge in [0.2, 0.25) is 5.91 Å². The molecular formula is C18H21F3N6O2. The number of amides is 1. The van der Waals surface area contributed by atoms with Crippen molar-refractivity contribution in [3.8, 4) is 0 Å².